The van der Waals surface area contributed by atoms with Gasteiger partial charge >= 0.3 is 5.97 Å². The van der Waals surface area contributed by atoms with Gasteiger partial charge in [-0.25, -0.2) is 4.79 Å². The number of amides is 1. The molecule has 2 heterocycles. The second-order valence-electron chi connectivity index (χ2n) is 5.27. The molecule has 22 heavy (non-hydrogen) atoms. The van der Waals surface area contributed by atoms with Crippen LogP contribution in [0.1, 0.15) is 20.3 Å². The van der Waals surface area contributed by atoms with E-state index in [4.69, 9.17) is 9.47 Å². The Balaban J connectivity index is 2.17. The summed E-state index contributed by atoms with van der Waals surface area (Å²) in [5, 5.41) is 13.0. The van der Waals surface area contributed by atoms with Gasteiger partial charge in [-0.15, -0.1) is 0 Å². The molecule has 120 valence electrons. The highest BCUT2D eigenvalue weighted by Crippen LogP contribution is 2.30. The number of rotatable bonds is 4. The summed E-state index contributed by atoms with van der Waals surface area (Å²) in [6.45, 7) is 10.6. The molecule has 0 aromatic heterocycles. The Bertz CT molecular complexity index is 542. The van der Waals surface area contributed by atoms with Crippen molar-refractivity contribution in [3.05, 3.63) is 36.8 Å². The van der Waals surface area contributed by atoms with Crippen molar-refractivity contribution in [3.63, 3.8) is 0 Å². The minimum absolute atomic E-state index is 0.250. The molecule has 2 aliphatic heterocycles. The van der Waals surface area contributed by atoms with E-state index in [0.29, 0.717) is 12.2 Å². The van der Waals surface area contributed by atoms with Gasteiger partial charge in [-0.1, -0.05) is 20.1 Å². The van der Waals surface area contributed by atoms with Crippen LogP contribution >= 0.6 is 0 Å². The van der Waals surface area contributed by atoms with Gasteiger partial charge < -0.3 is 24.8 Å². The maximum Gasteiger partial charge on any atom is 0.333 e. The second kappa shape index (κ2) is 6.33. The quantitative estimate of drug-likeness (QED) is 0.577. The Morgan fingerprint density at radius 3 is 2.82 bits per heavy atom. The van der Waals surface area contributed by atoms with Crippen LogP contribution in [0.5, 0.6) is 0 Å². The highest BCUT2D eigenvalue weighted by Gasteiger charge is 2.48. The molecule has 0 aliphatic carbocycles. The fourth-order valence-corrected chi connectivity index (χ4v) is 2.37. The first kappa shape index (κ1) is 16.3. The van der Waals surface area contributed by atoms with Crippen molar-refractivity contribution in [2.24, 2.45) is 0 Å². The molecule has 0 spiro atoms. The van der Waals surface area contributed by atoms with E-state index in [9.17, 15) is 14.7 Å². The van der Waals surface area contributed by atoms with E-state index in [1.54, 1.807) is 0 Å². The number of hydrogen-bond acceptors (Lipinski definition) is 6. The van der Waals surface area contributed by atoms with Crippen LogP contribution in [0.2, 0.25) is 0 Å². The summed E-state index contributed by atoms with van der Waals surface area (Å²) in [5.41, 5.74) is 0.250. The number of hydrogen-bond donors (Lipinski definition) is 2. The Morgan fingerprint density at radius 2 is 2.27 bits per heavy atom. The minimum Gasteiger partial charge on any atom is -0.453 e. The number of esters is 1. The molecule has 1 fully saturated rings. The Morgan fingerprint density at radius 1 is 1.59 bits per heavy atom. The van der Waals surface area contributed by atoms with Crippen LogP contribution in [-0.2, 0) is 19.1 Å². The fraction of sp³-hybridized carbons (Fsp3) is 0.467. The second-order valence-corrected chi connectivity index (χ2v) is 5.27. The van der Waals surface area contributed by atoms with Crippen LogP contribution in [0.15, 0.2) is 36.8 Å². The van der Waals surface area contributed by atoms with Gasteiger partial charge in [0.25, 0.3) is 5.91 Å². The van der Waals surface area contributed by atoms with Crippen molar-refractivity contribution in [3.8, 4) is 0 Å². The van der Waals surface area contributed by atoms with Gasteiger partial charge in [0.2, 0.25) is 0 Å². The van der Waals surface area contributed by atoms with Crippen LogP contribution in [0.25, 0.3) is 0 Å². The number of carbonyl (C=O) groups excluding carboxylic acids is 2. The fourth-order valence-electron chi connectivity index (χ4n) is 2.37. The zero-order chi connectivity index (χ0) is 16.4. The van der Waals surface area contributed by atoms with E-state index in [1.807, 2.05) is 6.92 Å². The summed E-state index contributed by atoms with van der Waals surface area (Å²) in [5.74, 6) is -0.586. The normalized spacial score (nSPS) is 31.1. The van der Waals surface area contributed by atoms with E-state index >= 15 is 0 Å². The van der Waals surface area contributed by atoms with Crippen LogP contribution in [0.4, 0.5) is 0 Å². The summed E-state index contributed by atoms with van der Waals surface area (Å²) >= 11 is 0. The largest absolute Gasteiger partial charge is 0.453 e. The van der Waals surface area contributed by atoms with Gasteiger partial charge in [-0.05, 0) is 13.3 Å². The topological polar surface area (TPSA) is 88.1 Å². The number of nitrogens with zero attached hydrogens (tertiary/aromatic N) is 1. The maximum absolute atomic E-state index is 11.7. The smallest absolute Gasteiger partial charge is 0.333 e. The summed E-state index contributed by atoms with van der Waals surface area (Å²) in [7, 11) is 0. The van der Waals surface area contributed by atoms with Gasteiger partial charge in [0.1, 0.15) is 11.9 Å². The maximum atomic E-state index is 11.7. The minimum atomic E-state index is -1.08. The third-order valence-corrected chi connectivity index (χ3v) is 3.54. The zero-order valence-corrected chi connectivity index (χ0v) is 12.6. The average molecular weight is 308 g/mol. The molecule has 0 bridgehead atoms. The highest BCUT2D eigenvalue weighted by atomic mass is 16.6. The first-order valence-corrected chi connectivity index (χ1v) is 7.01. The van der Waals surface area contributed by atoms with E-state index in [1.165, 1.54) is 24.1 Å². The van der Waals surface area contributed by atoms with Crippen molar-refractivity contribution in [1.29, 1.82) is 0 Å². The molecule has 0 aromatic rings. The van der Waals surface area contributed by atoms with Crippen LogP contribution in [0, 0.1) is 0 Å². The summed E-state index contributed by atoms with van der Waals surface area (Å²) in [6, 6.07) is 0. The predicted molar refractivity (Wildman–Crippen MR) is 77.9 cm³/mol. The van der Waals surface area contributed by atoms with E-state index in [-0.39, 0.29) is 11.5 Å². The molecule has 2 rings (SSSR count). The number of aliphatic hydroxyl groups is 1. The first-order valence-electron chi connectivity index (χ1n) is 7.01. The molecule has 1 unspecified atom stereocenters. The van der Waals surface area contributed by atoms with E-state index < -0.39 is 30.5 Å². The SMILES string of the molecule is C=C(C)C(=O)OC1[C@@H](CC)O[C@@H](N2C=CC(=O)NC2=C)[C@H]1O. The molecule has 2 aliphatic rings. The molecule has 4 atom stereocenters. The molecule has 2 N–H and O–H groups in total. The lowest BCUT2D eigenvalue weighted by atomic mass is 10.1. The van der Waals surface area contributed by atoms with E-state index in [0.717, 1.165) is 0 Å². The molecule has 1 saturated heterocycles. The van der Waals surface area contributed by atoms with Crippen LogP contribution < -0.4 is 5.32 Å². The van der Waals surface area contributed by atoms with Crippen molar-refractivity contribution < 1.29 is 24.2 Å². The first-order chi connectivity index (χ1) is 10.3. The lowest BCUT2D eigenvalue weighted by Gasteiger charge is -2.32. The van der Waals surface area contributed by atoms with Gasteiger partial charge in [0.15, 0.2) is 12.3 Å². The van der Waals surface area contributed by atoms with Crippen molar-refractivity contribution in [1.82, 2.24) is 10.2 Å². The molecular formula is C15H20N2O5. The predicted octanol–water partition coefficient (Wildman–Crippen LogP) is 0.387. The number of ether oxygens (including phenoxy) is 2. The molecule has 7 heteroatoms. The van der Waals surface area contributed by atoms with Crippen LogP contribution in [0.3, 0.4) is 0 Å². The van der Waals surface area contributed by atoms with Gasteiger partial charge in [0.05, 0.1) is 6.10 Å². The molecule has 0 radical (unpaired) electrons. The van der Waals surface area contributed by atoms with Gasteiger partial charge in [-0.3, -0.25) is 4.79 Å². The summed E-state index contributed by atoms with van der Waals surface area (Å²) in [6.07, 6.45) is 0.198. The Hall–Kier alpha value is -2.12. The van der Waals surface area contributed by atoms with Crippen molar-refractivity contribution in [2.75, 3.05) is 0 Å². The average Bonchev–Trinajstić information content (AvgIpc) is 2.76. The molecule has 0 aromatic carbocycles. The highest BCUT2D eigenvalue weighted by molar-refractivity contribution is 5.89. The van der Waals surface area contributed by atoms with E-state index in [2.05, 4.69) is 18.5 Å². The third-order valence-electron chi connectivity index (χ3n) is 3.54. The van der Waals surface area contributed by atoms with Gasteiger partial charge in [-0.2, -0.15) is 0 Å². The monoisotopic (exact) mass is 308 g/mol. The lowest BCUT2D eigenvalue weighted by Crippen LogP contribution is -2.47. The summed E-state index contributed by atoms with van der Waals surface area (Å²) in [4.78, 5) is 24.5. The molecular weight excluding hydrogens is 288 g/mol. The van der Waals surface area contributed by atoms with Crippen molar-refractivity contribution in [2.45, 2.75) is 44.8 Å². The van der Waals surface area contributed by atoms with Gasteiger partial charge in [0, 0.05) is 17.8 Å². The van der Waals surface area contributed by atoms with Crippen LogP contribution in [-0.4, -0.2) is 46.4 Å². The Kier molecular flexibility index (Phi) is 4.68. The number of nitrogens with one attached hydrogen (secondary N) is 1. The standard InChI is InChI=1S/C15H20N2O5/c1-5-10-13(22-15(20)8(2)3)12(19)14(21-10)17-7-6-11(18)16-9(17)4/h6-7,10,12-14,19H,2,4-5H2,1,3H3,(H,16,18)/t10-,12+,13?,14-/m1/s1. The molecule has 0 saturated carbocycles. The molecule has 1 amide bonds. The Labute approximate surface area is 128 Å². The number of carbonyl (C=O) groups is 2. The lowest BCUT2D eigenvalue weighted by molar-refractivity contribution is -0.150. The zero-order valence-electron chi connectivity index (χ0n) is 12.6. The summed E-state index contributed by atoms with van der Waals surface area (Å²) < 4.78 is 11.1. The molecule has 7 nitrogen and oxygen atoms in total. The van der Waals surface area contributed by atoms with Crippen molar-refractivity contribution >= 4 is 11.9 Å². The third kappa shape index (κ3) is 3.05. The number of aliphatic hydroxyl groups excluding tert-OH is 1.